The van der Waals surface area contributed by atoms with Gasteiger partial charge in [-0.2, -0.15) is 4.98 Å². The molecule has 1 aromatic rings. The molecule has 0 bridgehead atoms. The molecule has 1 heterocycles. The fourth-order valence-electron chi connectivity index (χ4n) is 1.27. The van der Waals surface area contributed by atoms with Crippen molar-refractivity contribution in [3.63, 3.8) is 0 Å². The maximum Gasteiger partial charge on any atom is 0.290 e. The number of rotatable bonds is 5. The molecule has 1 unspecified atom stereocenters. The van der Waals surface area contributed by atoms with Gasteiger partial charge in [0.25, 0.3) is 5.00 Å². The highest BCUT2D eigenvalue weighted by Gasteiger charge is 2.20. The Balaban J connectivity index is 2.76. The first-order chi connectivity index (χ1) is 7.56. The summed E-state index contributed by atoms with van der Waals surface area (Å²) in [5.41, 5.74) is 10.7. The molecular formula is C9H16N5OS. The second-order valence-corrected chi connectivity index (χ2v) is 4.75. The number of guanidine groups is 1. The van der Waals surface area contributed by atoms with Gasteiger partial charge in [0.2, 0.25) is 10.8 Å². The fraction of sp³-hybridized carbons (Fsp3) is 0.444. The van der Waals surface area contributed by atoms with Gasteiger partial charge in [0, 0.05) is 6.42 Å². The largest absolute Gasteiger partial charge is 0.588 e. The van der Waals surface area contributed by atoms with Crippen LogP contribution in [0.1, 0.15) is 24.3 Å². The quantitative estimate of drug-likeness (QED) is 0.268. The Morgan fingerprint density at radius 2 is 2.25 bits per heavy atom. The molecule has 0 fully saturated rings. The predicted molar refractivity (Wildman–Crippen MR) is 65.8 cm³/mol. The van der Waals surface area contributed by atoms with Crippen molar-refractivity contribution in [1.29, 1.82) is 5.41 Å². The van der Waals surface area contributed by atoms with Gasteiger partial charge in [-0.3, -0.25) is 10.7 Å². The lowest BCUT2D eigenvalue weighted by Gasteiger charge is -2.00. The minimum atomic E-state index is -1.40. The number of nitrogens with zero attached hydrogens (tertiary/aromatic N) is 1. The zero-order chi connectivity index (χ0) is 12.1. The lowest BCUT2D eigenvalue weighted by atomic mass is 10.2. The average Bonchev–Trinajstić information content (AvgIpc) is 2.46. The molecule has 0 aliphatic rings. The summed E-state index contributed by atoms with van der Waals surface area (Å²) in [6.07, 6.45) is 3.33. The summed E-state index contributed by atoms with van der Waals surface area (Å²) >= 11 is 0. The summed E-state index contributed by atoms with van der Waals surface area (Å²) in [6.45, 7) is 3.73. The molecule has 0 saturated carbocycles. The second-order valence-electron chi connectivity index (χ2n) is 3.34. The van der Waals surface area contributed by atoms with E-state index in [1.165, 1.54) is 0 Å². The van der Waals surface area contributed by atoms with Crippen LogP contribution in [-0.4, -0.2) is 15.5 Å². The van der Waals surface area contributed by atoms with Gasteiger partial charge in [-0.1, -0.05) is 19.8 Å². The van der Waals surface area contributed by atoms with Crippen molar-refractivity contribution in [3.05, 3.63) is 11.9 Å². The summed E-state index contributed by atoms with van der Waals surface area (Å²) in [5, 5.41) is 10.3. The Kier molecular flexibility index (Phi) is 4.51. The fourth-order valence-corrected chi connectivity index (χ4v) is 2.46. The summed E-state index contributed by atoms with van der Waals surface area (Å²) in [7, 11) is -1.40. The highest BCUT2D eigenvalue weighted by atomic mass is 32.2. The van der Waals surface area contributed by atoms with E-state index in [1.807, 2.05) is 0 Å². The van der Waals surface area contributed by atoms with Crippen LogP contribution in [0.4, 0.5) is 10.8 Å². The van der Waals surface area contributed by atoms with E-state index >= 15 is 0 Å². The number of aromatic nitrogens is 1. The van der Waals surface area contributed by atoms with Crippen molar-refractivity contribution in [3.8, 4) is 0 Å². The molecule has 1 rings (SSSR count). The zero-order valence-corrected chi connectivity index (χ0v) is 9.77. The third-order valence-corrected chi connectivity index (χ3v) is 3.42. The molecule has 0 aromatic carbocycles. The molecule has 1 radical (unpaired) electrons. The molecule has 0 aliphatic carbocycles. The average molecular weight is 242 g/mol. The van der Waals surface area contributed by atoms with Crippen molar-refractivity contribution < 1.29 is 4.55 Å². The summed E-state index contributed by atoms with van der Waals surface area (Å²) in [5.74, 6) is -0.140. The van der Waals surface area contributed by atoms with Crippen LogP contribution in [-0.2, 0) is 6.42 Å². The zero-order valence-electron chi connectivity index (χ0n) is 8.95. The van der Waals surface area contributed by atoms with E-state index < -0.39 is 10.8 Å². The van der Waals surface area contributed by atoms with Crippen molar-refractivity contribution in [1.82, 2.24) is 4.98 Å². The minimum absolute atomic E-state index is 0.151. The third kappa shape index (κ3) is 3.07. The van der Waals surface area contributed by atoms with Gasteiger partial charge in [0.15, 0.2) is 5.96 Å². The lowest BCUT2D eigenvalue weighted by Crippen LogP contribution is -2.20. The lowest BCUT2D eigenvalue weighted by molar-refractivity contribution is 0.593. The molecule has 1 aromatic heterocycles. The highest BCUT2D eigenvalue weighted by molar-refractivity contribution is 7.29. The van der Waals surface area contributed by atoms with Crippen LogP contribution in [0.25, 0.3) is 0 Å². The van der Waals surface area contributed by atoms with Crippen LogP contribution in [0, 0.1) is 12.3 Å². The first kappa shape index (κ1) is 12.7. The Bertz CT molecular complexity index is 376. The van der Waals surface area contributed by atoms with Gasteiger partial charge >= 0.3 is 0 Å². The smallest absolute Gasteiger partial charge is 0.290 e. The minimum Gasteiger partial charge on any atom is -0.588 e. The Morgan fingerprint density at radius 1 is 1.56 bits per heavy atom. The first-order valence-corrected chi connectivity index (χ1v) is 6.10. The van der Waals surface area contributed by atoms with E-state index in [2.05, 4.69) is 17.2 Å². The number of anilines is 2. The van der Waals surface area contributed by atoms with E-state index in [-0.39, 0.29) is 16.8 Å². The molecule has 0 saturated heterocycles. The summed E-state index contributed by atoms with van der Waals surface area (Å²) in [4.78, 5) is 4.01. The Morgan fingerprint density at radius 3 is 2.81 bits per heavy atom. The molecule has 6 N–H and O–H groups in total. The molecule has 0 aliphatic heterocycles. The normalized spacial score (nSPS) is 11.5. The molecule has 89 valence electrons. The Hall–Kier alpha value is -1.34. The molecule has 6 nitrogen and oxygen atoms in total. The number of thiazole rings is 1. The number of unbranched alkanes of at least 4 members (excludes halogenated alkanes) is 2. The van der Waals surface area contributed by atoms with Crippen LogP contribution in [0.15, 0.2) is 0 Å². The standard InChI is InChI=1S/C9H16N5OS/c1-2-3-4-5-6-13-7(10)8(16(6)15)14-9(11)12/h1-5,10H2,(H4,11,12,14). The van der Waals surface area contributed by atoms with E-state index in [1.54, 1.807) is 0 Å². The molecule has 1 atom stereocenters. The number of nitrogens with two attached hydrogens (primary N) is 2. The van der Waals surface area contributed by atoms with E-state index in [4.69, 9.17) is 16.9 Å². The number of nitrogen functional groups attached to an aromatic ring is 1. The second kappa shape index (κ2) is 5.66. The van der Waals surface area contributed by atoms with E-state index in [0.717, 1.165) is 19.3 Å². The first-order valence-electron chi connectivity index (χ1n) is 4.95. The van der Waals surface area contributed by atoms with Gasteiger partial charge in [-0.05, 0) is 17.2 Å². The molecule has 16 heavy (non-hydrogen) atoms. The number of hydrogen-bond donors (Lipinski definition) is 4. The van der Waals surface area contributed by atoms with Crippen LogP contribution < -0.4 is 16.8 Å². The van der Waals surface area contributed by atoms with Crippen molar-refractivity contribution in [2.75, 3.05) is 11.1 Å². The van der Waals surface area contributed by atoms with Crippen molar-refractivity contribution in [2.24, 2.45) is 5.73 Å². The van der Waals surface area contributed by atoms with E-state index in [0.29, 0.717) is 11.4 Å². The topological polar surface area (TPSA) is 124 Å². The summed E-state index contributed by atoms with van der Waals surface area (Å²) in [6, 6.07) is 0. The van der Waals surface area contributed by atoms with Crippen LogP contribution >= 0.6 is 10.8 Å². The molecule has 0 amide bonds. The molecular weight excluding hydrogens is 226 g/mol. The van der Waals surface area contributed by atoms with Crippen molar-refractivity contribution >= 4 is 27.5 Å². The van der Waals surface area contributed by atoms with Crippen LogP contribution in [0.2, 0.25) is 0 Å². The highest BCUT2D eigenvalue weighted by Crippen LogP contribution is 2.36. The number of hydrogen-bond acceptors (Lipinski definition) is 4. The monoisotopic (exact) mass is 242 g/mol. The number of aryl methyl sites for hydroxylation is 1. The summed E-state index contributed by atoms with van der Waals surface area (Å²) < 4.78 is 11.9. The van der Waals surface area contributed by atoms with Crippen molar-refractivity contribution in [2.45, 2.75) is 25.7 Å². The maximum absolute atomic E-state index is 11.9. The van der Waals surface area contributed by atoms with E-state index in [9.17, 15) is 4.55 Å². The van der Waals surface area contributed by atoms with Gasteiger partial charge < -0.3 is 16.0 Å². The predicted octanol–water partition coefficient (Wildman–Crippen LogP) is 1.24. The van der Waals surface area contributed by atoms with Crippen LogP contribution in [0.5, 0.6) is 0 Å². The van der Waals surface area contributed by atoms with Gasteiger partial charge in [-0.15, -0.1) is 0 Å². The maximum atomic E-state index is 11.9. The molecule has 7 heteroatoms. The Labute approximate surface area is 97.4 Å². The SMILES string of the molecule is [CH2]CCCCc1nc(N)c(NC(=N)N)[s+]1[O-]. The van der Waals surface area contributed by atoms with Gasteiger partial charge in [-0.25, -0.2) is 0 Å². The van der Waals surface area contributed by atoms with Gasteiger partial charge in [0.05, 0.1) is 0 Å². The number of nitrogens with one attached hydrogen (secondary N) is 2. The van der Waals surface area contributed by atoms with Crippen LogP contribution in [0.3, 0.4) is 0 Å². The van der Waals surface area contributed by atoms with Gasteiger partial charge in [0.1, 0.15) is 0 Å². The molecule has 0 spiro atoms. The third-order valence-electron chi connectivity index (χ3n) is 2.02.